The van der Waals surface area contributed by atoms with E-state index in [9.17, 15) is 4.57 Å². The van der Waals surface area contributed by atoms with Crippen LogP contribution in [0.15, 0.2) is 0 Å². The molecule has 1 atom stereocenters. The minimum Gasteiger partial charge on any atom is -0.381 e. The third kappa shape index (κ3) is 22.1. The second-order valence-corrected chi connectivity index (χ2v) is 8.06. The molecule has 0 saturated carbocycles. The molecule has 0 aliphatic carbocycles. The predicted octanol–water partition coefficient (Wildman–Crippen LogP) is 6.93. The highest BCUT2D eigenvalue weighted by molar-refractivity contribution is 7.33. The fourth-order valence-electron chi connectivity index (χ4n) is 2.88. The number of hydrogen-bond acceptors (Lipinski definition) is 4. The van der Waals surface area contributed by atoms with E-state index in [1.165, 1.54) is 90.6 Å². The largest absolute Gasteiger partial charge is 0.381 e. The van der Waals surface area contributed by atoms with Gasteiger partial charge in [0.05, 0.1) is 6.61 Å². The van der Waals surface area contributed by atoms with E-state index in [4.69, 9.17) is 9.26 Å². The van der Waals surface area contributed by atoms with Crippen LogP contribution in [-0.4, -0.2) is 26.9 Å². The van der Waals surface area contributed by atoms with Crippen molar-refractivity contribution in [2.45, 2.75) is 103 Å². The van der Waals surface area contributed by atoms with Crippen LogP contribution in [0.1, 0.15) is 103 Å². The number of ether oxygens (including phenoxy) is 1. The maximum atomic E-state index is 10.9. The van der Waals surface area contributed by atoms with E-state index in [0.29, 0.717) is 13.2 Å². The zero-order valence-electron chi connectivity index (χ0n) is 16.9. The maximum Gasteiger partial charge on any atom is 0.318 e. The van der Waals surface area contributed by atoms with Crippen molar-refractivity contribution in [1.29, 1.82) is 0 Å². The summed E-state index contributed by atoms with van der Waals surface area (Å²) in [4.78, 5) is 0. The third-order valence-corrected chi connectivity index (χ3v) is 5.23. The predicted molar refractivity (Wildman–Crippen MR) is 108 cm³/mol. The fourth-order valence-corrected chi connectivity index (χ4v) is 3.31. The Morgan fingerprint density at radius 2 is 1.04 bits per heavy atom. The molecular weight excluding hydrogens is 335 g/mol. The Balaban J connectivity index is 2.99. The molecule has 0 aliphatic rings. The Morgan fingerprint density at radius 1 is 0.600 bits per heavy atom. The lowest BCUT2D eigenvalue weighted by Crippen LogP contribution is -2.00. The van der Waals surface area contributed by atoms with E-state index in [1.54, 1.807) is 0 Å². The first-order valence-corrected chi connectivity index (χ1v) is 11.8. The summed E-state index contributed by atoms with van der Waals surface area (Å²) in [6.07, 6.45) is 20.1. The van der Waals surface area contributed by atoms with Gasteiger partial charge in [-0.2, -0.15) is 0 Å². The first-order chi connectivity index (χ1) is 12.3. The highest BCUT2D eigenvalue weighted by Crippen LogP contribution is 2.21. The average molecular weight is 379 g/mol. The molecule has 25 heavy (non-hydrogen) atoms. The quantitative estimate of drug-likeness (QED) is 0.160. The van der Waals surface area contributed by atoms with E-state index < -0.39 is 8.25 Å². The lowest BCUT2D eigenvalue weighted by atomic mass is 10.0. The highest BCUT2D eigenvalue weighted by Gasteiger charge is 1.97. The van der Waals surface area contributed by atoms with Gasteiger partial charge in [0.15, 0.2) is 0 Å². The van der Waals surface area contributed by atoms with Crippen LogP contribution in [0.5, 0.6) is 0 Å². The van der Waals surface area contributed by atoms with Crippen molar-refractivity contribution in [3.8, 4) is 0 Å². The Kier molecular flexibility index (Phi) is 22.2. The van der Waals surface area contributed by atoms with Crippen LogP contribution in [0.3, 0.4) is 0 Å². The molecule has 0 rings (SSSR count). The molecule has 0 radical (unpaired) electrons. The molecule has 0 saturated heterocycles. The summed E-state index contributed by atoms with van der Waals surface area (Å²) in [6, 6.07) is 0. The summed E-state index contributed by atoms with van der Waals surface area (Å²) in [5.41, 5.74) is 0. The summed E-state index contributed by atoms with van der Waals surface area (Å²) in [5.74, 6) is 0. The SMILES string of the molecule is CCCCCCCCCCCCCCCCOCCCO[PH](=O)OC. The zero-order valence-corrected chi connectivity index (χ0v) is 17.9. The first kappa shape index (κ1) is 25.1. The van der Waals surface area contributed by atoms with E-state index in [0.717, 1.165) is 19.4 Å². The van der Waals surface area contributed by atoms with E-state index in [1.807, 2.05) is 0 Å². The minimum absolute atomic E-state index is 0.449. The van der Waals surface area contributed by atoms with Crippen molar-refractivity contribution in [3.05, 3.63) is 0 Å². The van der Waals surface area contributed by atoms with Crippen LogP contribution < -0.4 is 0 Å². The van der Waals surface area contributed by atoms with Gasteiger partial charge in [0.1, 0.15) is 0 Å². The Bertz CT molecular complexity index is 274. The molecule has 1 unspecified atom stereocenters. The maximum absolute atomic E-state index is 10.9. The fraction of sp³-hybridized carbons (Fsp3) is 1.00. The molecule has 0 aliphatic heterocycles. The van der Waals surface area contributed by atoms with Crippen LogP contribution in [0.4, 0.5) is 0 Å². The zero-order chi connectivity index (χ0) is 18.4. The molecule has 4 nitrogen and oxygen atoms in total. The standard InChI is InChI=1S/C20H43O4P/c1-3-4-5-6-7-8-9-10-11-12-13-14-15-16-18-23-19-17-20-24-25(21)22-2/h25H,3-20H2,1-2H3. The molecule has 0 heterocycles. The van der Waals surface area contributed by atoms with Crippen molar-refractivity contribution >= 4 is 8.25 Å². The van der Waals surface area contributed by atoms with Crippen molar-refractivity contribution in [2.75, 3.05) is 26.9 Å². The first-order valence-electron chi connectivity index (χ1n) is 10.6. The van der Waals surface area contributed by atoms with Gasteiger partial charge in [-0.15, -0.1) is 0 Å². The van der Waals surface area contributed by atoms with Crippen molar-refractivity contribution in [3.63, 3.8) is 0 Å². The Morgan fingerprint density at radius 3 is 1.52 bits per heavy atom. The second kappa shape index (κ2) is 22.2. The van der Waals surface area contributed by atoms with Crippen molar-refractivity contribution in [1.82, 2.24) is 0 Å². The van der Waals surface area contributed by atoms with Crippen LogP contribution in [-0.2, 0) is 18.3 Å². The molecule has 0 aromatic carbocycles. The molecule has 5 heteroatoms. The Hall–Kier alpha value is 0.110. The lowest BCUT2D eigenvalue weighted by Gasteiger charge is -2.05. The molecule has 0 spiro atoms. The molecule has 0 bridgehead atoms. The van der Waals surface area contributed by atoms with Gasteiger partial charge >= 0.3 is 8.25 Å². The topological polar surface area (TPSA) is 44.8 Å². The van der Waals surface area contributed by atoms with Gasteiger partial charge in [-0.1, -0.05) is 90.4 Å². The normalized spacial score (nSPS) is 12.6. The van der Waals surface area contributed by atoms with Crippen LogP contribution in [0, 0.1) is 0 Å². The van der Waals surface area contributed by atoms with Crippen LogP contribution >= 0.6 is 8.25 Å². The smallest absolute Gasteiger partial charge is 0.318 e. The molecule has 0 aromatic heterocycles. The van der Waals surface area contributed by atoms with Gasteiger partial charge in [-0.3, -0.25) is 4.57 Å². The van der Waals surface area contributed by atoms with Gasteiger partial charge in [0.2, 0.25) is 0 Å². The second-order valence-electron chi connectivity index (χ2n) is 6.86. The number of unbranched alkanes of at least 4 members (excludes halogenated alkanes) is 13. The Labute approximate surface area is 157 Å². The van der Waals surface area contributed by atoms with E-state index >= 15 is 0 Å². The van der Waals surface area contributed by atoms with Gasteiger partial charge < -0.3 is 13.8 Å². The molecule has 152 valence electrons. The summed E-state index contributed by atoms with van der Waals surface area (Å²) in [6.45, 7) is 4.24. The van der Waals surface area contributed by atoms with Crippen LogP contribution in [0.2, 0.25) is 0 Å². The monoisotopic (exact) mass is 378 g/mol. The number of hydrogen-bond donors (Lipinski definition) is 0. The molecule has 0 N–H and O–H groups in total. The minimum atomic E-state index is -2.26. The highest BCUT2D eigenvalue weighted by atomic mass is 31.1. The molecule has 0 fully saturated rings. The number of rotatable bonds is 21. The van der Waals surface area contributed by atoms with E-state index in [-0.39, 0.29) is 0 Å². The average Bonchev–Trinajstić information content (AvgIpc) is 2.63. The van der Waals surface area contributed by atoms with Crippen molar-refractivity contribution in [2.24, 2.45) is 0 Å². The summed E-state index contributed by atoms with van der Waals surface area (Å²) in [7, 11) is -0.861. The van der Waals surface area contributed by atoms with Gasteiger partial charge in [0.25, 0.3) is 0 Å². The van der Waals surface area contributed by atoms with Gasteiger partial charge in [0, 0.05) is 20.3 Å². The third-order valence-electron chi connectivity index (χ3n) is 4.46. The lowest BCUT2D eigenvalue weighted by molar-refractivity contribution is 0.114. The van der Waals surface area contributed by atoms with E-state index in [2.05, 4.69) is 11.4 Å². The molecule has 0 aromatic rings. The van der Waals surface area contributed by atoms with Crippen LogP contribution in [0.25, 0.3) is 0 Å². The molecular formula is C20H43O4P. The van der Waals surface area contributed by atoms with Gasteiger partial charge in [-0.25, -0.2) is 0 Å². The summed E-state index contributed by atoms with van der Waals surface area (Å²) in [5, 5.41) is 0. The summed E-state index contributed by atoms with van der Waals surface area (Å²) < 4.78 is 26.0. The van der Waals surface area contributed by atoms with Gasteiger partial charge in [-0.05, 0) is 12.8 Å². The summed E-state index contributed by atoms with van der Waals surface area (Å²) >= 11 is 0. The molecule has 0 amide bonds. The van der Waals surface area contributed by atoms with Crippen molar-refractivity contribution < 1.29 is 18.3 Å².